The van der Waals surface area contributed by atoms with Crippen LogP contribution in [-0.2, 0) is 6.42 Å². The number of hydrogen-bond donors (Lipinski definition) is 1. The van der Waals surface area contributed by atoms with Crippen molar-refractivity contribution < 1.29 is 8.81 Å². The van der Waals surface area contributed by atoms with E-state index < -0.39 is 0 Å². The zero-order chi connectivity index (χ0) is 12.4. The third kappa shape index (κ3) is 2.96. The minimum Gasteiger partial charge on any atom is -0.469 e. The first kappa shape index (κ1) is 12.3. The summed E-state index contributed by atoms with van der Waals surface area (Å²) in [4.78, 5) is 0. The number of rotatable bonds is 3. The van der Waals surface area contributed by atoms with Gasteiger partial charge in [0.2, 0.25) is 0 Å². The molecule has 0 aliphatic carbocycles. The van der Waals surface area contributed by atoms with Gasteiger partial charge in [0.1, 0.15) is 11.6 Å². The van der Waals surface area contributed by atoms with Crippen LogP contribution in [0.2, 0.25) is 0 Å². The summed E-state index contributed by atoms with van der Waals surface area (Å²) in [7, 11) is 0. The highest BCUT2D eigenvalue weighted by atomic mass is 79.9. The van der Waals surface area contributed by atoms with Crippen molar-refractivity contribution in [1.29, 1.82) is 0 Å². The Bertz CT molecular complexity index is 504. The third-order valence-electron chi connectivity index (χ3n) is 2.68. The van der Waals surface area contributed by atoms with Gasteiger partial charge in [-0.15, -0.1) is 0 Å². The van der Waals surface area contributed by atoms with Crippen LogP contribution in [0, 0.1) is 12.7 Å². The van der Waals surface area contributed by atoms with Crippen LogP contribution in [0.25, 0.3) is 0 Å². The first-order valence-electron chi connectivity index (χ1n) is 5.31. The molecule has 0 amide bonds. The number of halogens is 2. The van der Waals surface area contributed by atoms with Crippen molar-refractivity contribution in [3.63, 3.8) is 0 Å². The molecule has 90 valence electrons. The molecule has 1 atom stereocenters. The van der Waals surface area contributed by atoms with Crippen LogP contribution >= 0.6 is 15.9 Å². The summed E-state index contributed by atoms with van der Waals surface area (Å²) >= 11 is 3.27. The summed E-state index contributed by atoms with van der Waals surface area (Å²) in [5, 5.41) is 0. The molecule has 2 nitrogen and oxygen atoms in total. The highest BCUT2D eigenvalue weighted by Crippen LogP contribution is 2.22. The Morgan fingerprint density at radius 3 is 2.76 bits per heavy atom. The van der Waals surface area contributed by atoms with Crippen LogP contribution in [0.5, 0.6) is 0 Å². The van der Waals surface area contributed by atoms with Crippen molar-refractivity contribution in [3.05, 3.63) is 57.7 Å². The van der Waals surface area contributed by atoms with E-state index in [-0.39, 0.29) is 11.9 Å². The molecule has 1 heterocycles. The summed E-state index contributed by atoms with van der Waals surface area (Å²) in [6.07, 6.45) is 2.20. The second-order valence-electron chi connectivity index (χ2n) is 4.02. The lowest BCUT2D eigenvalue weighted by Crippen LogP contribution is -2.13. The maximum Gasteiger partial charge on any atom is 0.124 e. The van der Waals surface area contributed by atoms with Crippen LogP contribution in [0.3, 0.4) is 0 Å². The monoisotopic (exact) mass is 297 g/mol. The first-order valence-corrected chi connectivity index (χ1v) is 6.10. The van der Waals surface area contributed by atoms with Gasteiger partial charge in [-0.2, -0.15) is 0 Å². The minimum absolute atomic E-state index is 0.178. The second-order valence-corrected chi connectivity index (χ2v) is 4.94. The van der Waals surface area contributed by atoms with Crippen LogP contribution in [0.15, 0.2) is 39.4 Å². The van der Waals surface area contributed by atoms with Gasteiger partial charge in [0, 0.05) is 16.1 Å². The predicted molar refractivity (Wildman–Crippen MR) is 68.2 cm³/mol. The highest BCUT2D eigenvalue weighted by Gasteiger charge is 2.12. The van der Waals surface area contributed by atoms with Crippen molar-refractivity contribution in [2.24, 2.45) is 5.73 Å². The van der Waals surface area contributed by atoms with E-state index in [2.05, 4.69) is 15.9 Å². The molecule has 0 saturated carbocycles. The smallest absolute Gasteiger partial charge is 0.124 e. The molecule has 2 N–H and O–H groups in total. The number of furan rings is 1. The average molecular weight is 298 g/mol. The fourth-order valence-electron chi connectivity index (χ4n) is 1.87. The predicted octanol–water partition coefficient (Wildman–Crippen LogP) is 3.73. The van der Waals surface area contributed by atoms with Crippen LogP contribution in [-0.4, -0.2) is 0 Å². The van der Waals surface area contributed by atoms with E-state index in [9.17, 15) is 4.39 Å². The Balaban J connectivity index is 2.18. The summed E-state index contributed by atoms with van der Waals surface area (Å²) in [5.41, 5.74) is 7.90. The molecule has 2 aromatic rings. The number of hydrogen-bond acceptors (Lipinski definition) is 2. The van der Waals surface area contributed by atoms with Gasteiger partial charge in [0.25, 0.3) is 0 Å². The van der Waals surface area contributed by atoms with Gasteiger partial charge in [-0.1, -0.05) is 15.9 Å². The normalized spacial score (nSPS) is 12.7. The molecule has 0 spiro atoms. The summed E-state index contributed by atoms with van der Waals surface area (Å²) in [6.45, 7) is 1.87. The van der Waals surface area contributed by atoms with E-state index in [0.717, 1.165) is 21.4 Å². The topological polar surface area (TPSA) is 39.2 Å². The molecular formula is C13H13BrFNO. The number of aryl methyl sites for hydroxylation is 1. The Morgan fingerprint density at radius 2 is 2.18 bits per heavy atom. The van der Waals surface area contributed by atoms with Crippen LogP contribution < -0.4 is 5.73 Å². The fourth-order valence-corrected chi connectivity index (χ4v) is 2.38. The summed E-state index contributed by atoms with van der Waals surface area (Å²) < 4.78 is 19.1. The van der Waals surface area contributed by atoms with Crippen molar-refractivity contribution in [3.8, 4) is 0 Å². The van der Waals surface area contributed by atoms with Crippen LogP contribution in [0.4, 0.5) is 4.39 Å². The van der Waals surface area contributed by atoms with Crippen molar-refractivity contribution in [2.75, 3.05) is 0 Å². The molecule has 0 radical (unpaired) electrons. The standard InChI is InChI=1S/C13H13BrFNO/c1-8-12(2-3-17-8)13(16)6-9-4-10(14)7-11(15)5-9/h2-5,7,13H,6,16H2,1H3. The zero-order valence-electron chi connectivity index (χ0n) is 9.41. The largest absolute Gasteiger partial charge is 0.469 e. The van der Waals surface area contributed by atoms with Gasteiger partial charge >= 0.3 is 0 Å². The van der Waals surface area contributed by atoms with Gasteiger partial charge in [0.15, 0.2) is 0 Å². The average Bonchev–Trinajstić information content (AvgIpc) is 2.62. The molecule has 0 fully saturated rings. The third-order valence-corrected chi connectivity index (χ3v) is 3.13. The Kier molecular flexibility index (Phi) is 3.64. The fraction of sp³-hybridized carbons (Fsp3) is 0.231. The van der Waals surface area contributed by atoms with E-state index in [1.165, 1.54) is 12.1 Å². The number of nitrogens with two attached hydrogens (primary N) is 1. The van der Waals surface area contributed by atoms with E-state index in [0.29, 0.717) is 6.42 Å². The summed E-state index contributed by atoms with van der Waals surface area (Å²) in [5.74, 6) is 0.554. The van der Waals surface area contributed by atoms with E-state index in [1.54, 1.807) is 6.26 Å². The van der Waals surface area contributed by atoms with Gasteiger partial charge in [0.05, 0.1) is 6.26 Å². The van der Waals surface area contributed by atoms with E-state index in [1.807, 2.05) is 19.1 Å². The summed E-state index contributed by atoms with van der Waals surface area (Å²) in [6, 6.07) is 6.48. The molecular weight excluding hydrogens is 285 g/mol. The molecule has 17 heavy (non-hydrogen) atoms. The Morgan fingerprint density at radius 1 is 1.41 bits per heavy atom. The molecule has 2 rings (SSSR count). The minimum atomic E-state index is -0.259. The lowest BCUT2D eigenvalue weighted by atomic mass is 10.0. The van der Waals surface area contributed by atoms with Gasteiger partial charge in [-0.3, -0.25) is 0 Å². The van der Waals surface area contributed by atoms with Gasteiger partial charge < -0.3 is 10.2 Å². The SMILES string of the molecule is Cc1occc1C(N)Cc1cc(F)cc(Br)c1. The molecule has 1 unspecified atom stereocenters. The van der Waals surface area contributed by atoms with Crippen molar-refractivity contribution >= 4 is 15.9 Å². The quantitative estimate of drug-likeness (QED) is 0.937. The highest BCUT2D eigenvalue weighted by molar-refractivity contribution is 9.10. The lowest BCUT2D eigenvalue weighted by Gasteiger charge is -2.11. The molecule has 0 aliphatic rings. The van der Waals surface area contributed by atoms with Crippen molar-refractivity contribution in [1.82, 2.24) is 0 Å². The maximum atomic E-state index is 13.2. The first-order chi connectivity index (χ1) is 8.06. The molecule has 1 aromatic heterocycles. The lowest BCUT2D eigenvalue weighted by molar-refractivity contribution is 0.523. The maximum absolute atomic E-state index is 13.2. The Hall–Kier alpha value is -1.13. The zero-order valence-corrected chi connectivity index (χ0v) is 11.0. The van der Waals surface area contributed by atoms with Gasteiger partial charge in [-0.05, 0) is 43.2 Å². The van der Waals surface area contributed by atoms with Crippen LogP contribution in [0.1, 0.15) is 22.9 Å². The molecule has 0 aliphatic heterocycles. The van der Waals surface area contributed by atoms with Crippen molar-refractivity contribution in [2.45, 2.75) is 19.4 Å². The molecule has 0 bridgehead atoms. The number of benzene rings is 1. The van der Waals surface area contributed by atoms with Gasteiger partial charge in [-0.25, -0.2) is 4.39 Å². The Labute approximate surface area is 108 Å². The van der Waals surface area contributed by atoms with E-state index in [4.69, 9.17) is 10.2 Å². The second kappa shape index (κ2) is 5.02. The molecule has 0 saturated heterocycles. The molecule has 1 aromatic carbocycles. The van der Waals surface area contributed by atoms with E-state index >= 15 is 0 Å². The molecule has 4 heteroatoms.